The smallest absolute Gasteiger partial charge is 0.308 e. The molecule has 6 rings (SSSR count). The number of hydrogen-bond donors (Lipinski definition) is 1. The van der Waals surface area contributed by atoms with Crippen molar-refractivity contribution in [2.75, 3.05) is 13.7 Å². The predicted molar refractivity (Wildman–Crippen MR) is 181 cm³/mol. The summed E-state index contributed by atoms with van der Waals surface area (Å²) in [5, 5.41) is 12.8. The van der Waals surface area contributed by atoms with E-state index in [0.717, 1.165) is 60.8 Å². The highest BCUT2D eigenvalue weighted by Gasteiger charge is 2.32. The molecule has 0 radical (unpaired) electrons. The first-order valence-electron chi connectivity index (χ1n) is 14.6. The summed E-state index contributed by atoms with van der Waals surface area (Å²) in [4.78, 5) is 31.5. The van der Waals surface area contributed by atoms with Gasteiger partial charge in [-0.15, -0.1) is 21.5 Å². The second-order valence-electron chi connectivity index (χ2n) is 11.0. The Kier molecular flexibility index (Phi) is 8.78. The maximum atomic E-state index is 12.8. The number of aryl methyl sites for hydroxylation is 2. The number of amides is 1. The van der Waals surface area contributed by atoms with Gasteiger partial charge in [-0.2, -0.15) is 0 Å². The van der Waals surface area contributed by atoms with Crippen LogP contribution in [0, 0.1) is 20.8 Å². The summed E-state index contributed by atoms with van der Waals surface area (Å²) < 4.78 is 8.05. The van der Waals surface area contributed by atoms with Gasteiger partial charge >= 0.3 is 5.97 Å². The summed E-state index contributed by atoms with van der Waals surface area (Å²) in [6.07, 6.45) is 0.822. The van der Waals surface area contributed by atoms with Gasteiger partial charge in [0.15, 0.2) is 5.82 Å². The predicted octanol–water partition coefficient (Wildman–Crippen LogP) is 7.11. The Balaban J connectivity index is 1.24. The van der Waals surface area contributed by atoms with E-state index in [1.165, 1.54) is 12.0 Å². The van der Waals surface area contributed by atoms with Gasteiger partial charge in [-0.3, -0.25) is 19.1 Å². The number of esters is 1. The molecule has 45 heavy (non-hydrogen) atoms. The number of carbonyl (C=O) groups is 2. The van der Waals surface area contributed by atoms with Crippen LogP contribution in [0.4, 0.5) is 0 Å². The highest BCUT2D eigenvalue weighted by atomic mass is 79.9. The minimum atomic E-state index is -0.541. The number of hydrogen-bond acceptors (Lipinski definition) is 7. The van der Waals surface area contributed by atoms with E-state index in [1.54, 1.807) is 11.3 Å². The Labute approximate surface area is 274 Å². The third kappa shape index (κ3) is 6.25. The first kappa shape index (κ1) is 30.6. The summed E-state index contributed by atoms with van der Waals surface area (Å²) in [5.74, 6) is 0.924. The van der Waals surface area contributed by atoms with Crippen molar-refractivity contribution in [3.63, 3.8) is 0 Å². The summed E-state index contributed by atoms with van der Waals surface area (Å²) in [7, 11) is 1.38. The zero-order chi connectivity index (χ0) is 31.7. The maximum Gasteiger partial charge on any atom is 0.308 e. The van der Waals surface area contributed by atoms with E-state index in [0.29, 0.717) is 17.9 Å². The zero-order valence-corrected chi connectivity index (χ0v) is 27.8. The average molecular weight is 683 g/mol. The number of benzene rings is 3. The monoisotopic (exact) mass is 681 g/mol. The van der Waals surface area contributed by atoms with Crippen molar-refractivity contribution in [2.45, 2.75) is 39.7 Å². The molecule has 10 heteroatoms. The molecule has 1 aliphatic rings. The molecule has 0 unspecified atom stereocenters. The van der Waals surface area contributed by atoms with E-state index in [4.69, 9.17) is 9.73 Å². The van der Waals surface area contributed by atoms with Gasteiger partial charge in [0.05, 0.1) is 19.2 Å². The lowest BCUT2D eigenvalue weighted by atomic mass is 9.96. The van der Waals surface area contributed by atoms with E-state index in [1.807, 2.05) is 47.9 Å². The first-order valence-corrected chi connectivity index (χ1v) is 16.2. The second kappa shape index (κ2) is 12.9. The van der Waals surface area contributed by atoms with Crippen molar-refractivity contribution >= 4 is 44.9 Å². The number of methoxy groups -OCH3 is 1. The van der Waals surface area contributed by atoms with Gasteiger partial charge in [-0.25, -0.2) is 0 Å². The number of nitrogens with zero attached hydrogens (tertiary/aromatic N) is 4. The number of rotatable bonds is 8. The van der Waals surface area contributed by atoms with Crippen molar-refractivity contribution in [3.8, 4) is 16.1 Å². The van der Waals surface area contributed by atoms with Crippen molar-refractivity contribution < 1.29 is 14.3 Å². The molecule has 0 aliphatic carbocycles. The minimum Gasteiger partial charge on any atom is -0.469 e. The molecule has 228 valence electrons. The minimum absolute atomic E-state index is 0.0626. The highest BCUT2D eigenvalue weighted by Crippen LogP contribution is 2.39. The topological polar surface area (TPSA) is 98.5 Å². The number of aromatic nitrogens is 3. The van der Waals surface area contributed by atoms with Gasteiger partial charge in [0.2, 0.25) is 0 Å². The van der Waals surface area contributed by atoms with Crippen molar-refractivity contribution in [2.24, 2.45) is 4.99 Å². The maximum absolute atomic E-state index is 12.8. The molecule has 1 aliphatic heterocycles. The molecule has 1 atom stereocenters. The van der Waals surface area contributed by atoms with E-state index < -0.39 is 6.04 Å². The number of aliphatic imine (C=N–C) groups is 1. The molecule has 0 saturated heterocycles. The molecule has 3 aromatic carbocycles. The fraction of sp³-hybridized carbons (Fsp3) is 0.229. The molecule has 1 N–H and O–H groups in total. The molecular weight excluding hydrogens is 650 g/mol. The quantitative estimate of drug-likeness (QED) is 0.176. The fourth-order valence-corrected chi connectivity index (χ4v) is 7.18. The van der Waals surface area contributed by atoms with Gasteiger partial charge in [0.1, 0.15) is 16.9 Å². The van der Waals surface area contributed by atoms with E-state index in [-0.39, 0.29) is 18.3 Å². The summed E-state index contributed by atoms with van der Waals surface area (Å²) >= 11 is 5.16. The third-order valence-corrected chi connectivity index (χ3v) is 9.74. The van der Waals surface area contributed by atoms with Gasteiger partial charge < -0.3 is 10.1 Å². The highest BCUT2D eigenvalue weighted by molar-refractivity contribution is 9.10. The third-order valence-electron chi connectivity index (χ3n) is 8.05. The van der Waals surface area contributed by atoms with Crippen LogP contribution in [-0.2, 0) is 16.0 Å². The van der Waals surface area contributed by atoms with E-state index in [9.17, 15) is 9.59 Å². The summed E-state index contributed by atoms with van der Waals surface area (Å²) in [6, 6.07) is 23.4. The van der Waals surface area contributed by atoms with Crippen molar-refractivity contribution in [3.05, 3.63) is 122 Å². The normalized spacial score (nSPS) is 13.8. The van der Waals surface area contributed by atoms with Crippen LogP contribution in [-0.4, -0.2) is 46.0 Å². The molecule has 0 saturated carbocycles. The lowest BCUT2D eigenvalue weighted by molar-refractivity contribution is -0.141. The zero-order valence-electron chi connectivity index (χ0n) is 25.4. The molecular formula is C35H32BrN5O3S. The molecule has 2 aromatic heterocycles. The lowest BCUT2D eigenvalue weighted by Crippen LogP contribution is -2.25. The Morgan fingerprint density at radius 2 is 1.64 bits per heavy atom. The van der Waals surface area contributed by atoms with Gasteiger partial charge in [-0.1, -0.05) is 64.5 Å². The standard InChI is InChI=1S/C35H32BrN5O3S/c1-20-21(2)45-35-31(20)32(38-29(19-30(42)44-4)33-40-39-22(3)41(33)35)26-12-8-24(9-13-26)25-10-14-27(15-11-25)34(43)37-17-16-23-6-5-7-28(36)18-23/h5-15,18,29H,16-17,19H2,1-4H3,(H,37,43)/t29-/m0/s1. The number of ether oxygens (including phenoxy) is 1. The van der Waals surface area contributed by atoms with Crippen molar-refractivity contribution in [1.82, 2.24) is 20.1 Å². The summed E-state index contributed by atoms with van der Waals surface area (Å²) in [5.41, 5.74) is 7.72. The average Bonchev–Trinajstić information content (AvgIpc) is 3.52. The van der Waals surface area contributed by atoms with Crippen LogP contribution in [0.15, 0.2) is 82.3 Å². The van der Waals surface area contributed by atoms with Gasteiger partial charge in [0, 0.05) is 32.6 Å². The molecule has 3 heterocycles. The van der Waals surface area contributed by atoms with Crippen LogP contribution in [0.2, 0.25) is 0 Å². The number of halogens is 1. The Morgan fingerprint density at radius 1 is 0.956 bits per heavy atom. The molecule has 1 amide bonds. The van der Waals surface area contributed by atoms with Crippen molar-refractivity contribution in [1.29, 1.82) is 0 Å². The molecule has 0 spiro atoms. The largest absolute Gasteiger partial charge is 0.469 e. The molecule has 0 bridgehead atoms. The summed E-state index contributed by atoms with van der Waals surface area (Å²) in [6.45, 7) is 6.68. The molecule has 8 nitrogen and oxygen atoms in total. The van der Waals surface area contributed by atoms with Crippen LogP contribution < -0.4 is 5.32 Å². The molecule has 5 aromatic rings. The second-order valence-corrected chi connectivity index (χ2v) is 13.1. The Morgan fingerprint density at radius 3 is 2.33 bits per heavy atom. The molecule has 0 fully saturated rings. The van der Waals surface area contributed by atoms with Crippen LogP contribution in [0.5, 0.6) is 0 Å². The lowest BCUT2D eigenvalue weighted by Gasteiger charge is -2.12. The SMILES string of the molecule is COC(=O)C[C@@H]1N=C(c2ccc(-c3ccc(C(=O)NCCc4cccc(Br)c4)cc3)cc2)c2c(sc(C)c2C)-n2c(C)nnc21. The van der Waals surface area contributed by atoms with Crippen LogP contribution in [0.3, 0.4) is 0 Å². The fourth-order valence-electron chi connectivity index (χ4n) is 5.52. The van der Waals surface area contributed by atoms with Crippen LogP contribution in [0.1, 0.15) is 61.6 Å². The van der Waals surface area contributed by atoms with Gasteiger partial charge in [-0.05, 0) is 73.7 Å². The van der Waals surface area contributed by atoms with E-state index >= 15 is 0 Å². The Bertz CT molecular complexity index is 1930. The van der Waals surface area contributed by atoms with Crippen LogP contribution in [0.25, 0.3) is 16.1 Å². The van der Waals surface area contributed by atoms with E-state index in [2.05, 4.69) is 81.7 Å². The van der Waals surface area contributed by atoms with Gasteiger partial charge in [0.25, 0.3) is 5.91 Å². The number of carbonyl (C=O) groups excluding carboxylic acids is 2. The number of nitrogens with one attached hydrogen (secondary N) is 1. The number of thiophene rings is 1. The first-order chi connectivity index (χ1) is 21.7. The Hall–Kier alpha value is -4.41. The number of fused-ring (bicyclic) bond motifs is 3. The van der Waals surface area contributed by atoms with Crippen LogP contribution >= 0.6 is 27.3 Å².